The van der Waals surface area contributed by atoms with Crippen LogP contribution in [0.25, 0.3) is 0 Å². The first-order valence-corrected chi connectivity index (χ1v) is 6.93. The molecule has 1 rings (SSSR count). The Labute approximate surface area is 119 Å². The molecular weight excluding hydrogens is 264 g/mol. The summed E-state index contributed by atoms with van der Waals surface area (Å²) in [7, 11) is 1.63. The van der Waals surface area contributed by atoms with Crippen LogP contribution in [0.2, 0.25) is 5.02 Å². The van der Waals surface area contributed by atoms with Crippen LogP contribution in [0.15, 0.2) is 18.3 Å². The number of carbonyl (C=O) groups excluding carboxylic acids is 1. The van der Waals surface area contributed by atoms with E-state index in [1.807, 2.05) is 4.90 Å². The fraction of sp³-hybridized carbons (Fsp3) is 0.571. The second-order valence-electron chi connectivity index (χ2n) is 4.32. The average molecular weight is 285 g/mol. The van der Waals surface area contributed by atoms with Crippen LogP contribution < -0.4 is 0 Å². The molecule has 0 radical (unpaired) electrons. The number of hydrogen-bond acceptors (Lipinski definition) is 3. The van der Waals surface area contributed by atoms with E-state index in [-0.39, 0.29) is 11.9 Å². The quantitative estimate of drug-likeness (QED) is 0.773. The molecular formula is C14H21ClN2O2. The van der Waals surface area contributed by atoms with Gasteiger partial charge in [0.1, 0.15) is 5.69 Å². The SMILES string of the molecule is CCC(CC)N(CCOC)C(=O)c1cc(Cl)ccn1. The number of hydrogen-bond donors (Lipinski definition) is 0. The molecule has 0 fully saturated rings. The Morgan fingerprint density at radius 1 is 1.47 bits per heavy atom. The number of pyridine rings is 1. The highest BCUT2D eigenvalue weighted by Crippen LogP contribution is 2.15. The zero-order valence-corrected chi connectivity index (χ0v) is 12.5. The molecule has 1 heterocycles. The molecule has 0 aliphatic rings. The lowest BCUT2D eigenvalue weighted by atomic mass is 10.1. The third kappa shape index (κ3) is 4.48. The topological polar surface area (TPSA) is 42.4 Å². The third-order valence-electron chi connectivity index (χ3n) is 3.12. The molecule has 0 atom stereocenters. The van der Waals surface area contributed by atoms with Crippen LogP contribution in [0.5, 0.6) is 0 Å². The molecule has 0 aliphatic carbocycles. The molecule has 1 aromatic rings. The summed E-state index contributed by atoms with van der Waals surface area (Å²) in [4.78, 5) is 18.4. The molecule has 19 heavy (non-hydrogen) atoms. The van der Waals surface area contributed by atoms with E-state index in [0.29, 0.717) is 23.9 Å². The summed E-state index contributed by atoms with van der Waals surface area (Å²) in [5, 5.41) is 0.523. The van der Waals surface area contributed by atoms with Crippen LogP contribution >= 0.6 is 11.6 Å². The summed E-state index contributed by atoms with van der Waals surface area (Å²) in [5.74, 6) is -0.0896. The minimum Gasteiger partial charge on any atom is -0.383 e. The minimum atomic E-state index is -0.0896. The van der Waals surface area contributed by atoms with E-state index < -0.39 is 0 Å². The van der Waals surface area contributed by atoms with Crippen molar-refractivity contribution in [3.8, 4) is 0 Å². The van der Waals surface area contributed by atoms with Gasteiger partial charge in [-0.1, -0.05) is 25.4 Å². The van der Waals surface area contributed by atoms with E-state index in [9.17, 15) is 4.79 Å². The number of carbonyl (C=O) groups is 1. The summed E-state index contributed by atoms with van der Waals surface area (Å²) >= 11 is 5.91. The molecule has 1 aromatic heterocycles. The van der Waals surface area contributed by atoms with Gasteiger partial charge in [0.2, 0.25) is 0 Å². The lowest BCUT2D eigenvalue weighted by Crippen LogP contribution is -2.42. The molecule has 0 saturated carbocycles. The van der Waals surface area contributed by atoms with E-state index >= 15 is 0 Å². The molecule has 5 heteroatoms. The van der Waals surface area contributed by atoms with E-state index in [1.54, 1.807) is 25.4 Å². The van der Waals surface area contributed by atoms with Crippen molar-refractivity contribution in [1.29, 1.82) is 0 Å². The normalized spacial score (nSPS) is 10.8. The van der Waals surface area contributed by atoms with Crippen molar-refractivity contribution >= 4 is 17.5 Å². The van der Waals surface area contributed by atoms with Crippen LogP contribution in [-0.4, -0.2) is 42.1 Å². The van der Waals surface area contributed by atoms with Crippen molar-refractivity contribution in [3.05, 3.63) is 29.0 Å². The van der Waals surface area contributed by atoms with E-state index in [2.05, 4.69) is 18.8 Å². The molecule has 0 spiro atoms. The van der Waals surface area contributed by atoms with Crippen LogP contribution in [0.4, 0.5) is 0 Å². The second-order valence-corrected chi connectivity index (χ2v) is 4.76. The Morgan fingerprint density at radius 2 is 2.16 bits per heavy atom. The Balaban J connectivity index is 2.92. The van der Waals surface area contributed by atoms with Crippen molar-refractivity contribution in [2.75, 3.05) is 20.3 Å². The molecule has 0 unspecified atom stereocenters. The lowest BCUT2D eigenvalue weighted by Gasteiger charge is -2.30. The maximum atomic E-state index is 12.5. The van der Waals surface area contributed by atoms with Gasteiger partial charge in [0.25, 0.3) is 5.91 Å². The third-order valence-corrected chi connectivity index (χ3v) is 3.36. The number of amides is 1. The molecule has 106 valence electrons. The van der Waals surface area contributed by atoms with Gasteiger partial charge in [-0.25, -0.2) is 0 Å². The molecule has 1 amide bonds. The highest BCUT2D eigenvalue weighted by Gasteiger charge is 2.23. The number of methoxy groups -OCH3 is 1. The maximum absolute atomic E-state index is 12.5. The standard InChI is InChI=1S/C14H21ClN2O2/c1-4-12(5-2)17(8-9-19-3)14(18)13-10-11(15)6-7-16-13/h6-7,10,12H,4-5,8-9H2,1-3H3. The molecule has 0 saturated heterocycles. The van der Waals surface area contributed by atoms with E-state index in [0.717, 1.165) is 12.8 Å². The predicted molar refractivity (Wildman–Crippen MR) is 76.5 cm³/mol. The van der Waals surface area contributed by atoms with Crippen molar-refractivity contribution in [2.45, 2.75) is 32.7 Å². The van der Waals surface area contributed by atoms with Crippen molar-refractivity contribution in [2.24, 2.45) is 0 Å². The monoisotopic (exact) mass is 284 g/mol. The van der Waals surface area contributed by atoms with Crippen LogP contribution in [0.3, 0.4) is 0 Å². The summed E-state index contributed by atoms with van der Waals surface area (Å²) in [6.07, 6.45) is 3.37. The summed E-state index contributed by atoms with van der Waals surface area (Å²) in [6, 6.07) is 3.46. The predicted octanol–water partition coefficient (Wildman–Crippen LogP) is 3.01. The first kappa shape index (κ1) is 15.9. The highest BCUT2D eigenvalue weighted by atomic mass is 35.5. The van der Waals surface area contributed by atoms with E-state index in [1.165, 1.54) is 0 Å². The number of halogens is 1. The first-order chi connectivity index (χ1) is 9.13. The lowest BCUT2D eigenvalue weighted by molar-refractivity contribution is 0.0583. The Morgan fingerprint density at radius 3 is 2.68 bits per heavy atom. The van der Waals surface area contributed by atoms with Gasteiger partial charge < -0.3 is 9.64 Å². The summed E-state index contributed by atoms with van der Waals surface area (Å²) < 4.78 is 5.08. The van der Waals surface area contributed by atoms with Gasteiger partial charge in [-0.2, -0.15) is 0 Å². The summed E-state index contributed by atoms with van der Waals surface area (Å²) in [6.45, 7) is 5.23. The van der Waals surface area contributed by atoms with Crippen LogP contribution in [0, 0.1) is 0 Å². The van der Waals surface area contributed by atoms with Gasteiger partial charge in [0.15, 0.2) is 0 Å². The maximum Gasteiger partial charge on any atom is 0.272 e. The number of rotatable bonds is 7. The number of nitrogens with zero attached hydrogens (tertiary/aromatic N) is 2. The second kappa shape index (κ2) is 8.12. The van der Waals surface area contributed by atoms with E-state index in [4.69, 9.17) is 16.3 Å². The minimum absolute atomic E-state index is 0.0896. The van der Waals surface area contributed by atoms with Gasteiger partial charge >= 0.3 is 0 Å². The smallest absolute Gasteiger partial charge is 0.272 e. The largest absolute Gasteiger partial charge is 0.383 e. The van der Waals surface area contributed by atoms with Gasteiger partial charge in [-0.05, 0) is 25.0 Å². The van der Waals surface area contributed by atoms with Gasteiger partial charge in [-0.3, -0.25) is 9.78 Å². The first-order valence-electron chi connectivity index (χ1n) is 6.55. The Hall–Kier alpha value is -1.13. The molecule has 0 aromatic carbocycles. The number of ether oxygens (including phenoxy) is 1. The zero-order chi connectivity index (χ0) is 14.3. The number of aromatic nitrogens is 1. The Bertz CT molecular complexity index is 408. The molecule has 0 bridgehead atoms. The highest BCUT2D eigenvalue weighted by molar-refractivity contribution is 6.30. The molecule has 0 N–H and O–H groups in total. The van der Waals surface area contributed by atoms with Gasteiger partial charge in [0, 0.05) is 30.9 Å². The summed E-state index contributed by atoms with van der Waals surface area (Å²) in [5.41, 5.74) is 0.385. The fourth-order valence-corrected chi connectivity index (χ4v) is 2.20. The van der Waals surface area contributed by atoms with Crippen LogP contribution in [0.1, 0.15) is 37.2 Å². The van der Waals surface area contributed by atoms with Gasteiger partial charge in [0.05, 0.1) is 6.61 Å². The molecule has 0 aliphatic heterocycles. The van der Waals surface area contributed by atoms with Crippen molar-refractivity contribution < 1.29 is 9.53 Å². The zero-order valence-electron chi connectivity index (χ0n) is 11.7. The average Bonchev–Trinajstić information content (AvgIpc) is 2.43. The molecule has 4 nitrogen and oxygen atoms in total. The fourth-order valence-electron chi connectivity index (χ4n) is 2.04. The van der Waals surface area contributed by atoms with Crippen molar-refractivity contribution in [1.82, 2.24) is 9.88 Å². The Kier molecular flexibility index (Phi) is 6.81. The van der Waals surface area contributed by atoms with Crippen LogP contribution in [-0.2, 0) is 4.74 Å². The van der Waals surface area contributed by atoms with Crippen molar-refractivity contribution in [3.63, 3.8) is 0 Å². The van der Waals surface area contributed by atoms with Gasteiger partial charge in [-0.15, -0.1) is 0 Å².